The van der Waals surface area contributed by atoms with Crippen LogP contribution >= 0.6 is 0 Å². The van der Waals surface area contributed by atoms with Crippen LogP contribution in [0.3, 0.4) is 0 Å². The fraction of sp³-hybridized carbons (Fsp3) is 0.333. The molecule has 68 valence electrons. The van der Waals surface area contributed by atoms with Gasteiger partial charge in [0.25, 0.3) is 0 Å². The van der Waals surface area contributed by atoms with E-state index in [9.17, 15) is 5.11 Å². The first-order chi connectivity index (χ1) is 6.24. The second-order valence-electron chi connectivity index (χ2n) is 3.10. The van der Waals surface area contributed by atoms with E-state index in [0.717, 1.165) is 6.42 Å². The molecule has 1 unspecified atom stereocenters. The lowest BCUT2D eigenvalue weighted by atomic mass is 10.1. The lowest BCUT2D eigenvalue weighted by Crippen LogP contribution is -1.85. The summed E-state index contributed by atoms with van der Waals surface area (Å²) < 4.78 is 0. The number of rotatable bonds is 1. The third kappa shape index (κ3) is 2.83. The van der Waals surface area contributed by atoms with E-state index < -0.39 is 0 Å². The second kappa shape index (κ2) is 4.57. The summed E-state index contributed by atoms with van der Waals surface area (Å²) >= 11 is 0. The van der Waals surface area contributed by atoms with Gasteiger partial charge >= 0.3 is 0 Å². The fourth-order valence-electron chi connectivity index (χ4n) is 0.882. The van der Waals surface area contributed by atoms with Gasteiger partial charge < -0.3 is 5.11 Å². The lowest BCUT2D eigenvalue weighted by molar-refractivity contribution is 0.473. The highest BCUT2D eigenvalue weighted by atomic mass is 16.3. The molecule has 1 nitrogen and oxygen atoms in total. The van der Waals surface area contributed by atoms with E-state index >= 15 is 0 Å². The Morgan fingerprint density at radius 1 is 1.38 bits per heavy atom. The minimum absolute atomic E-state index is 0.262. The van der Waals surface area contributed by atoms with Gasteiger partial charge in [-0.15, -0.1) is 0 Å². The first-order valence-corrected chi connectivity index (χ1v) is 4.53. The van der Waals surface area contributed by atoms with Gasteiger partial charge in [0.1, 0.15) is 5.75 Å². The Labute approximate surface area is 79.4 Å². The van der Waals surface area contributed by atoms with Crippen LogP contribution in [0.25, 0.3) is 0 Å². The number of phenolic OH excluding ortho intramolecular Hbond substituents is 1. The van der Waals surface area contributed by atoms with E-state index in [1.165, 1.54) is 0 Å². The Morgan fingerprint density at radius 2 is 2.08 bits per heavy atom. The molecular formula is C12H14O. The Balaban J connectivity index is 2.83. The van der Waals surface area contributed by atoms with Crippen LogP contribution in [-0.2, 0) is 0 Å². The molecule has 0 spiro atoms. The van der Waals surface area contributed by atoms with E-state index in [1.807, 2.05) is 12.1 Å². The van der Waals surface area contributed by atoms with Crippen molar-refractivity contribution in [1.29, 1.82) is 0 Å². The number of aromatic hydroxyl groups is 1. The summed E-state index contributed by atoms with van der Waals surface area (Å²) in [5, 5.41) is 9.39. The Bertz CT molecular complexity index is 330. The molecule has 0 amide bonds. The minimum atomic E-state index is 0.262. The highest BCUT2D eigenvalue weighted by Gasteiger charge is 1.94. The Kier molecular flexibility index (Phi) is 3.40. The fourth-order valence-corrected chi connectivity index (χ4v) is 0.882. The van der Waals surface area contributed by atoms with Gasteiger partial charge in [0, 0.05) is 5.92 Å². The highest BCUT2D eigenvalue weighted by Crippen LogP contribution is 2.13. The number of hydrogen-bond donors (Lipinski definition) is 1. The molecule has 0 saturated heterocycles. The maximum Gasteiger partial charge on any atom is 0.131 e. The minimum Gasteiger partial charge on any atom is -0.507 e. The lowest BCUT2D eigenvalue weighted by Gasteiger charge is -1.96. The average molecular weight is 174 g/mol. The molecule has 1 atom stereocenters. The molecule has 0 aliphatic heterocycles. The molecule has 1 heteroatoms. The van der Waals surface area contributed by atoms with Crippen molar-refractivity contribution in [2.45, 2.75) is 20.3 Å². The molecule has 0 radical (unpaired) electrons. The van der Waals surface area contributed by atoms with Crippen molar-refractivity contribution in [3.05, 3.63) is 29.8 Å². The van der Waals surface area contributed by atoms with Crippen molar-refractivity contribution in [2.24, 2.45) is 5.92 Å². The smallest absolute Gasteiger partial charge is 0.131 e. The van der Waals surface area contributed by atoms with Gasteiger partial charge in [-0.2, -0.15) is 0 Å². The topological polar surface area (TPSA) is 20.2 Å². The monoisotopic (exact) mass is 174 g/mol. The summed E-state index contributed by atoms with van der Waals surface area (Å²) in [5.41, 5.74) is 0.711. The van der Waals surface area contributed by atoms with Crippen LogP contribution in [0.5, 0.6) is 5.75 Å². The number of hydrogen-bond acceptors (Lipinski definition) is 1. The van der Waals surface area contributed by atoms with Gasteiger partial charge in [-0.25, -0.2) is 0 Å². The van der Waals surface area contributed by atoms with E-state index in [2.05, 4.69) is 25.7 Å². The predicted octanol–water partition coefficient (Wildman–Crippen LogP) is 2.79. The summed E-state index contributed by atoms with van der Waals surface area (Å²) in [6.45, 7) is 4.18. The number of benzene rings is 1. The zero-order valence-corrected chi connectivity index (χ0v) is 8.04. The normalized spacial score (nSPS) is 11.5. The van der Waals surface area contributed by atoms with Crippen LogP contribution in [0.2, 0.25) is 0 Å². The van der Waals surface area contributed by atoms with Gasteiger partial charge in [0.05, 0.1) is 5.56 Å². The third-order valence-corrected chi connectivity index (χ3v) is 1.97. The molecule has 1 aromatic carbocycles. The van der Waals surface area contributed by atoms with Gasteiger partial charge in [-0.3, -0.25) is 0 Å². The van der Waals surface area contributed by atoms with Crippen LogP contribution in [0.4, 0.5) is 0 Å². The van der Waals surface area contributed by atoms with E-state index in [4.69, 9.17) is 0 Å². The number of para-hydroxylation sites is 1. The van der Waals surface area contributed by atoms with Gasteiger partial charge in [-0.1, -0.05) is 37.8 Å². The second-order valence-corrected chi connectivity index (χ2v) is 3.10. The summed E-state index contributed by atoms with van der Waals surface area (Å²) in [6.07, 6.45) is 1.04. The largest absolute Gasteiger partial charge is 0.507 e. The summed E-state index contributed by atoms with van der Waals surface area (Å²) in [7, 11) is 0. The van der Waals surface area contributed by atoms with E-state index in [1.54, 1.807) is 12.1 Å². The quantitative estimate of drug-likeness (QED) is 0.649. The molecule has 1 N–H and O–H groups in total. The first-order valence-electron chi connectivity index (χ1n) is 4.53. The molecule has 0 aliphatic carbocycles. The van der Waals surface area contributed by atoms with Gasteiger partial charge in [0.2, 0.25) is 0 Å². The van der Waals surface area contributed by atoms with Crippen molar-refractivity contribution < 1.29 is 5.11 Å². The molecule has 0 heterocycles. The molecule has 1 aromatic rings. The average Bonchev–Trinajstić information content (AvgIpc) is 2.16. The molecular weight excluding hydrogens is 160 g/mol. The van der Waals surface area contributed by atoms with Crippen LogP contribution in [0, 0.1) is 17.8 Å². The van der Waals surface area contributed by atoms with Crippen molar-refractivity contribution in [2.75, 3.05) is 0 Å². The SMILES string of the molecule is CCC(C)C#Cc1ccccc1O. The summed E-state index contributed by atoms with van der Waals surface area (Å²) in [4.78, 5) is 0. The Morgan fingerprint density at radius 3 is 2.69 bits per heavy atom. The van der Waals surface area contributed by atoms with Crippen LogP contribution in [0.1, 0.15) is 25.8 Å². The predicted molar refractivity (Wildman–Crippen MR) is 54.4 cm³/mol. The molecule has 0 fully saturated rings. The maximum atomic E-state index is 9.39. The number of phenols is 1. The van der Waals surface area contributed by atoms with Crippen molar-refractivity contribution in [1.82, 2.24) is 0 Å². The van der Waals surface area contributed by atoms with Crippen molar-refractivity contribution >= 4 is 0 Å². The molecule has 13 heavy (non-hydrogen) atoms. The first kappa shape index (κ1) is 9.67. The van der Waals surface area contributed by atoms with E-state index in [0.29, 0.717) is 11.5 Å². The summed E-state index contributed by atoms with van der Waals surface area (Å²) in [6, 6.07) is 7.15. The molecule has 0 aromatic heterocycles. The van der Waals surface area contributed by atoms with Gasteiger partial charge in [0.15, 0.2) is 0 Å². The van der Waals surface area contributed by atoms with Crippen LogP contribution in [0.15, 0.2) is 24.3 Å². The highest BCUT2D eigenvalue weighted by molar-refractivity contribution is 5.44. The van der Waals surface area contributed by atoms with E-state index in [-0.39, 0.29) is 5.75 Å². The molecule has 1 rings (SSSR count). The van der Waals surface area contributed by atoms with Crippen LogP contribution in [-0.4, -0.2) is 5.11 Å². The third-order valence-electron chi connectivity index (χ3n) is 1.97. The van der Waals surface area contributed by atoms with Crippen molar-refractivity contribution in [3.8, 4) is 17.6 Å². The molecule has 0 bridgehead atoms. The standard InChI is InChI=1S/C12H14O/c1-3-10(2)8-9-11-6-4-5-7-12(11)13/h4-7,10,13H,3H2,1-2H3. The maximum absolute atomic E-state index is 9.39. The summed E-state index contributed by atoms with van der Waals surface area (Å²) in [5.74, 6) is 6.69. The van der Waals surface area contributed by atoms with Gasteiger partial charge in [-0.05, 0) is 18.6 Å². The van der Waals surface area contributed by atoms with Crippen LogP contribution < -0.4 is 0 Å². The zero-order valence-electron chi connectivity index (χ0n) is 8.04. The molecule has 0 saturated carbocycles. The Hall–Kier alpha value is -1.42. The zero-order chi connectivity index (χ0) is 9.68. The van der Waals surface area contributed by atoms with Crippen molar-refractivity contribution in [3.63, 3.8) is 0 Å². The molecule has 0 aliphatic rings.